The number of ether oxygens (including phenoxy) is 2. The number of hydrogen-bond donors (Lipinski definition) is 3. The number of nitrogens with one attached hydrogen (secondary N) is 2. The predicted molar refractivity (Wildman–Crippen MR) is 105 cm³/mol. The molecule has 3 aromatic rings. The van der Waals surface area contributed by atoms with Crippen LogP contribution in [0.5, 0.6) is 11.5 Å². The Morgan fingerprint density at radius 3 is 2.52 bits per heavy atom. The molecule has 1 atom stereocenters. The predicted octanol–water partition coefficient (Wildman–Crippen LogP) is 3.26. The number of anilines is 1. The molecule has 0 saturated heterocycles. The minimum Gasteiger partial charge on any atom is -0.490 e. The van der Waals surface area contributed by atoms with Crippen molar-refractivity contribution in [1.29, 1.82) is 0 Å². The molecule has 0 bridgehead atoms. The van der Waals surface area contributed by atoms with Crippen molar-refractivity contribution in [1.82, 2.24) is 15.2 Å². The molecule has 0 spiro atoms. The van der Waals surface area contributed by atoms with Crippen molar-refractivity contribution in [3.8, 4) is 11.5 Å². The number of aromatic amines is 1. The van der Waals surface area contributed by atoms with Crippen LogP contribution in [0.4, 0.5) is 5.69 Å². The highest BCUT2D eigenvalue weighted by molar-refractivity contribution is 5.45. The van der Waals surface area contributed by atoms with E-state index in [9.17, 15) is 0 Å². The summed E-state index contributed by atoms with van der Waals surface area (Å²) >= 11 is 0. The van der Waals surface area contributed by atoms with Gasteiger partial charge in [0.2, 0.25) is 0 Å². The summed E-state index contributed by atoms with van der Waals surface area (Å²) in [5, 5.41) is 10.5. The van der Waals surface area contributed by atoms with Crippen LogP contribution in [0.15, 0.2) is 48.5 Å². The van der Waals surface area contributed by atoms with Gasteiger partial charge < -0.3 is 20.5 Å². The van der Waals surface area contributed by atoms with E-state index in [1.165, 1.54) is 0 Å². The van der Waals surface area contributed by atoms with Crippen molar-refractivity contribution >= 4 is 5.69 Å². The summed E-state index contributed by atoms with van der Waals surface area (Å²) < 4.78 is 11.3. The third-order valence-electron chi connectivity index (χ3n) is 3.99. The van der Waals surface area contributed by atoms with E-state index < -0.39 is 6.04 Å². The standard InChI is InChI=1S/C20H25N5O2/c1-3-26-16-11-10-14(12-17(16)27-4-2)19(21)20-23-18(24-25-20)13-22-15-8-6-5-7-9-15/h5-12,19,22H,3-4,13,21H2,1-2H3,(H,23,24,25). The normalized spacial score (nSPS) is 11.8. The average molecular weight is 367 g/mol. The number of rotatable bonds is 9. The van der Waals surface area contributed by atoms with E-state index in [1.807, 2.05) is 62.4 Å². The molecule has 1 unspecified atom stereocenters. The first kappa shape index (κ1) is 18.7. The van der Waals surface area contributed by atoms with Gasteiger partial charge in [0, 0.05) is 5.69 Å². The molecular formula is C20H25N5O2. The molecule has 4 N–H and O–H groups in total. The van der Waals surface area contributed by atoms with Gasteiger partial charge in [-0.3, -0.25) is 5.10 Å². The molecular weight excluding hydrogens is 342 g/mol. The quantitative estimate of drug-likeness (QED) is 0.537. The molecule has 0 saturated carbocycles. The van der Waals surface area contributed by atoms with E-state index in [4.69, 9.17) is 15.2 Å². The first-order chi connectivity index (χ1) is 13.2. The van der Waals surface area contributed by atoms with Gasteiger partial charge in [0.1, 0.15) is 5.82 Å². The van der Waals surface area contributed by atoms with Gasteiger partial charge in [0.25, 0.3) is 0 Å². The maximum Gasteiger partial charge on any atom is 0.171 e. The fourth-order valence-electron chi connectivity index (χ4n) is 2.68. The molecule has 0 aliphatic rings. The van der Waals surface area contributed by atoms with Gasteiger partial charge in [0.05, 0.1) is 25.8 Å². The summed E-state index contributed by atoms with van der Waals surface area (Å²) in [7, 11) is 0. The fraction of sp³-hybridized carbons (Fsp3) is 0.300. The average Bonchev–Trinajstić information content (AvgIpc) is 3.17. The lowest BCUT2D eigenvalue weighted by Crippen LogP contribution is -2.14. The van der Waals surface area contributed by atoms with Crippen LogP contribution in [0, 0.1) is 0 Å². The fourth-order valence-corrected chi connectivity index (χ4v) is 2.68. The third-order valence-corrected chi connectivity index (χ3v) is 3.99. The van der Waals surface area contributed by atoms with Crippen LogP contribution in [-0.4, -0.2) is 28.4 Å². The molecule has 3 rings (SSSR count). The number of hydrogen-bond acceptors (Lipinski definition) is 6. The summed E-state index contributed by atoms with van der Waals surface area (Å²) in [6, 6.07) is 15.1. The largest absolute Gasteiger partial charge is 0.490 e. The lowest BCUT2D eigenvalue weighted by Gasteiger charge is -2.14. The van der Waals surface area contributed by atoms with Crippen molar-refractivity contribution in [2.45, 2.75) is 26.4 Å². The van der Waals surface area contributed by atoms with Gasteiger partial charge in [0.15, 0.2) is 17.3 Å². The van der Waals surface area contributed by atoms with E-state index in [1.54, 1.807) is 0 Å². The number of nitrogens with two attached hydrogens (primary N) is 1. The van der Waals surface area contributed by atoms with Crippen molar-refractivity contribution in [3.63, 3.8) is 0 Å². The zero-order valence-electron chi connectivity index (χ0n) is 15.6. The topological polar surface area (TPSA) is 98.1 Å². The second-order valence-electron chi connectivity index (χ2n) is 5.91. The number of H-pyrrole nitrogens is 1. The lowest BCUT2D eigenvalue weighted by molar-refractivity contribution is 0.287. The summed E-state index contributed by atoms with van der Waals surface area (Å²) in [4.78, 5) is 4.51. The second-order valence-corrected chi connectivity index (χ2v) is 5.91. The van der Waals surface area contributed by atoms with Gasteiger partial charge in [-0.1, -0.05) is 24.3 Å². The monoisotopic (exact) mass is 367 g/mol. The molecule has 0 fully saturated rings. The zero-order valence-corrected chi connectivity index (χ0v) is 15.6. The van der Waals surface area contributed by atoms with Gasteiger partial charge >= 0.3 is 0 Å². The van der Waals surface area contributed by atoms with Crippen molar-refractivity contribution in [2.75, 3.05) is 18.5 Å². The van der Waals surface area contributed by atoms with Crippen molar-refractivity contribution in [3.05, 3.63) is 65.7 Å². The maximum absolute atomic E-state index is 6.36. The van der Waals surface area contributed by atoms with Crippen molar-refractivity contribution in [2.24, 2.45) is 5.73 Å². The van der Waals surface area contributed by atoms with Gasteiger partial charge in [-0.15, -0.1) is 0 Å². The molecule has 1 heterocycles. The number of benzene rings is 2. The summed E-state index contributed by atoms with van der Waals surface area (Å²) in [6.07, 6.45) is 0. The third kappa shape index (κ3) is 4.77. The van der Waals surface area contributed by atoms with E-state index >= 15 is 0 Å². The SMILES string of the molecule is CCOc1ccc(C(N)c2n[nH]c(CNc3ccccc3)n2)cc1OCC. The first-order valence-corrected chi connectivity index (χ1v) is 9.06. The molecule has 0 amide bonds. The molecule has 142 valence electrons. The molecule has 0 radical (unpaired) electrons. The Hall–Kier alpha value is -3.06. The van der Waals surface area contributed by atoms with Crippen LogP contribution >= 0.6 is 0 Å². The number of aromatic nitrogens is 3. The van der Waals surface area contributed by atoms with E-state index in [0.717, 1.165) is 17.1 Å². The van der Waals surface area contributed by atoms with Crippen molar-refractivity contribution < 1.29 is 9.47 Å². The second kappa shape index (κ2) is 9.05. The highest BCUT2D eigenvalue weighted by Gasteiger charge is 2.17. The van der Waals surface area contributed by atoms with E-state index in [2.05, 4.69) is 20.5 Å². The summed E-state index contributed by atoms with van der Waals surface area (Å²) in [5.41, 5.74) is 8.25. The molecule has 7 nitrogen and oxygen atoms in total. The maximum atomic E-state index is 6.36. The Balaban J connectivity index is 1.71. The van der Waals surface area contributed by atoms with Crippen LogP contribution in [0.25, 0.3) is 0 Å². The zero-order chi connectivity index (χ0) is 19.1. The van der Waals surface area contributed by atoms with Crippen LogP contribution in [0.3, 0.4) is 0 Å². The van der Waals surface area contributed by atoms with Crippen LogP contribution in [0.2, 0.25) is 0 Å². The van der Waals surface area contributed by atoms with Crippen LogP contribution < -0.4 is 20.5 Å². The van der Waals surface area contributed by atoms with Gasteiger partial charge in [-0.2, -0.15) is 5.10 Å². The van der Waals surface area contributed by atoms with E-state index in [0.29, 0.717) is 37.1 Å². The first-order valence-electron chi connectivity index (χ1n) is 9.06. The Morgan fingerprint density at radius 1 is 1.04 bits per heavy atom. The smallest absolute Gasteiger partial charge is 0.171 e. The highest BCUT2D eigenvalue weighted by atomic mass is 16.5. The minimum atomic E-state index is -0.457. The highest BCUT2D eigenvalue weighted by Crippen LogP contribution is 2.31. The minimum absolute atomic E-state index is 0.457. The van der Waals surface area contributed by atoms with Gasteiger partial charge in [-0.25, -0.2) is 4.98 Å². The van der Waals surface area contributed by atoms with Crippen LogP contribution in [0.1, 0.15) is 37.1 Å². The Labute approximate surface area is 158 Å². The number of nitrogens with zero attached hydrogens (tertiary/aromatic N) is 2. The molecule has 27 heavy (non-hydrogen) atoms. The number of para-hydroxylation sites is 1. The lowest BCUT2D eigenvalue weighted by atomic mass is 10.1. The molecule has 2 aromatic carbocycles. The summed E-state index contributed by atoms with van der Waals surface area (Å²) in [5.74, 6) is 2.64. The Bertz CT molecular complexity index is 851. The molecule has 0 aliphatic carbocycles. The Kier molecular flexibility index (Phi) is 6.27. The van der Waals surface area contributed by atoms with E-state index in [-0.39, 0.29) is 0 Å². The summed E-state index contributed by atoms with van der Waals surface area (Å²) in [6.45, 7) is 5.54. The van der Waals surface area contributed by atoms with Crippen LogP contribution in [-0.2, 0) is 6.54 Å². The van der Waals surface area contributed by atoms with Gasteiger partial charge in [-0.05, 0) is 43.7 Å². The molecule has 0 aliphatic heterocycles. The Morgan fingerprint density at radius 2 is 1.78 bits per heavy atom. The molecule has 7 heteroatoms. The molecule has 1 aromatic heterocycles.